The van der Waals surface area contributed by atoms with E-state index in [-0.39, 0.29) is 11.4 Å². The van der Waals surface area contributed by atoms with Gasteiger partial charge in [0.05, 0.1) is 9.82 Å². The molecule has 0 heterocycles. The standard InChI is InChI=1S/C15H11FN2O5S/c16-24(22,23)14-7-5-12(6-8-14)17-15(19)9-4-11-2-1-3-13(10-11)18(20)21/h1-10H,(H,17,19)/b9-4+. The Morgan fingerprint density at radius 1 is 1.17 bits per heavy atom. The van der Waals surface area contributed by atoms with Gasteiger partial charge >= 0.3 is 10.2 Å². The Balaban J connectivity index is 2.05. The summed E-state index contributed by atoms with van der Waals surface area (Å²) in [6.45, 7) is 0. The lowest BCUT2D eigenvalue weighted by molar-refractivity contribution is -0.384. The van der Waals surface area contributed by atoms with Crippen molar-refractivity contribution < 1.29 is 22.0 Å². The number of amides is 1. The number of anilines is 1. The summed E-state index contributed by atoms with van der Waals surface area (Å²) in [5.41, 5.74) is 0.648. The number of hydrogen-bond acceptors (Lipinski definition) is 5. The van der Waals surface area contributed by atoms with Crippen molar-refractivity contribution >= 4 is 33.6 Å². The number of rotatable bonds is 5. The zero-order chi connectivity index (χ0) is 17.7. The molecule has 0 fully saturated rings. The van der Waals surface area contributed by atoms with E-state index in [9.17, 15) is 27.2 Å². The van der Waals surface area contributed by atoms with Gasteiger partial charge in [-0.1, -0.05) is 12.1 Å². The molecule has 2 aromatic rings. The first kappa shape index (κ1) is 17.3. The number of halogens is 1. The van der Waals surface area contributed by atoms with Crippen molar-refractivity contribution in [2.45, 2.75) is 4.90 Å². The van der Waals surface area contributed by atoms with Crippen molar-refractivity contribution in [3.8, 4) is 0 Å². The highest BCUT2D eigenvalue weighted by molar-refractivity contribution is 7.86. The predicted octanol–water partition coefficient (Wildman–Crippen LogP) is 2.90. The summed E-state index contributed by atoms with van der Waals surface area (Å²) in [5.74, 6) is -0.530. The van der Waals surface area contributed by atoms with Crippen molar-refractivity contribution in [3.63, 3.8) is 0 Å². The fourth-order valence-electron chi connectivity index (χ4n) is 1.80. The molecule has 0 aromatic heterocycles. The van der Waals surface area contributed by atoms with E-state index in [1.165, 1.54) is 42.5 Å². The van der Waals surface area contributed by atoms with Gasteiger partial charge in [-0.3, -0.25) is 14.9 Å². The van der Waals surface area contributed by atoms with E-state index in [1.54, 1.807) is 6.07 Å². The molecule has 0 saturated heterocycles. The van der Waals surface area contributed by atoms with E-state index in [0.717, 1.165) is 12.1 Å². The SMILES string of the molecule is O=C(/C=C/c1cccc([N+](=O)[O-])c1)Nc1ccc(S(=O)(=O)F)cc1. The number of carbonyl (C=O) groups is 1. The second-order valence-corrected chi connectivity index (χ2v) is 5.98. The monoisotopic (exact) mass is 350 g/mol. The Labute approximate surface area is 136 Å². The van der Waals surface area contributed by atoms with Crippen LogP contribution in [0.1, 0.15) is 5.56 Å². The highest BCUT2D eigenvalue weighted by Crippen LogP contribution is 2.16. The van der Waals surface area contributed by atoms with E-state index >= 15 is 0 Å². The van der Waals surface area contributed by atoms with Crippen LogP contribution in [0.5, 0.6) is 0 Å². The Bertz CT molecular complexity index is 908. The number of non-ortho nitro benzene ring substituents is 1. The molecule has 0 bridgehead atoms. The molecule has 9 heteroatoms. The van der Waals surface area contributed by atoms with Gasteiger partial charge in [0.15, 0.2) is 0 Å². The quantitative estimate of drug-likeness (QED) is 0.386. The molecule has 1 N–H and O–H groups in total. The highest BCUT2D eigenvalue weighted by Gasteiger charge is 2.11. The molecule has 0 aliphatic carbocycles. The third kappa shape index (κ3) is 4.71. The Morgan fingerprint density at radius 3 is 2.42 bits per heavy atom. The Morgan fingerprint density at radius 2 is 1.83 bits per heavy atom. The lowest BCUT2D eigenvalue weighted by Crippen LogP contribution is -2.07. The van der Waals surface area contributed by atoms with E-state index < -0.39 is 25.9 Å². The smallest absolute Gasteiger partial charge is 0.323 e. The normalized spacial score (nSPS) is 11.4. The summed E-state index contributed by atoms with van der Waals surface area (Å²) in [5, 5.41) is 13.1. The molecule has 0 saturated carbocycles. The molecule has 0 atom stereocenters. The average molecular weight is 350 g/mol. The van der Waals surface area contributed by atoms with Crippen molar-refractivity contribution in [2.24, 2.45) is 0 Å². The minimum absolute atomic E-state index is 0.0967. The van der Waals surface area contributed by atoms with Crippen molar-refractivity contribution in [1.29, 1.82) is 0 Å². The summed E-state index contributed by atoms with van der Waals surface area (Å²) in [4.78, 5) is 21.4. The second-order valence-electron chi connectivity index (χ2n) is 4.64. The average Bonchev–Trinajstić information content (AvgIpc) is 2.53. The number of nitrogens with zero attached hydrogens (tertiary/aromatic N) is 1. The van der Waals surface area contributed by atoms with Crippen LogP contribution in [-0.4, -0.2) is 19.2 Å². The molecule has 124 valence electrons. The van der Waals surface area contributed by atoms with Crippen molar-refractivity contribution in [3.05, 3.63) is 70.3 Å². The molecule has 1 amide bonds. The van der Waals surface area contributed by atoms with Crippen LogP contribution < -0.4 is 5.32 Å². The van der Waals surface area contributed by atoms with Crippen LogP contribution in [0.4, 0.5) is 15.3 Å². The summed E-state index contributed by atoms with van der Waals surface area (Å²) >= 11 is 0. The summed E-state index contributed by atoms with van der Waals surface area (Å²) < 4.78 is 34.1. The van der Waals surface area contributed by atoms with Gasteiger partial charge in [0, 0.05) is 23.9 Å². The van der Waals surface area contributed by atoms with Crippen LogP contribution in [0.15, 0.2) is 59.5 Å². The molecule has 24 heavy (non-hydrogen) atoms. The highest BCUT2D eigenvalue weighted by atomic mass is 32.3. The summed E-state index contributed by atoms with van der Waals surface area (Å²) in [7, 11) is -4.79. The molecule has 2 aromatic carbocycles. The number of nitrogens with one attached hydrogen (secondary N) is 1. The van der Waals surface area contributed by atoms with Crippen molar-refractivity contribution in [2.75, 3.05) is 5.32 Å². The van der Waals surface area contributed by atoms with Gasteiger partial charge in [0.25, 0.3) is 5.69 Å². The van der Waals surface area contributed by atoms with Crippen LogP contribution >= 0.6 is 0 Å². The lowest BCUT2D eigenvalue weighted by Gasteiger charge is -2.02. The fraction of sp³-hybridized carbons (Fsp3) is 0. The van der Waals surface area contributed by atoms with E-state index in [2.05, 4.69) is 5.32 Å². The zero-order valence-electron chi connectivity index (χ0n) is 12.0. The molecule has 0 aliphatic rings. The summed E-state index contributed by atoms with van der Waals surface area (Å²) in [6, 6.07) is 10.3. The second kappa shape index (κ2) is 7.01. The number of nitro benzene ring substituents is 1. The first-order valence-electron chi connectivity index (χ1n) is 6.54. The van der Waals surface area contributed by atoms with Crippen LogP contribution in [0.25, 0.3) is 6.08 Å². The maximum atomic E-state index is 12.7. The molecule has 0 unspecified atom stereocenters. The van der Waals surface area contributed by atoms with Crippen LogP contribution in [0.3, 0.4) is 0 Å². The molecular weight excluding hydrogens is 339 g/mol. The molecule has 0 spiro atoms. The van der Waals surface area contributed by atoms with Gasteiger partial charge in [0.2, 0.25) is 5.91 Å². The van der Waals surface area contributed by atoms with E-state index in [4.69, 9.17) is 0 Å². The van der Waals surface area contributed by atoms with Crippen LogP contribution in [-0.2, 0) is 15.0 Å². The van der Waals surface area contributed by atoms with Gasteiger partial charge in [0.1, 0.15) is 0 Å². The van der Waals surface area contributed by atoms with Gasteiger partial charge in [-0.15, -0.1) is 3.89 Å². The Hall–Kier alpha value is -3.07. The number of carbonyl (C=O) groups excluding carboxylic acids is 1. The summed E-state index contributed by atoms with van der Waals surface area (Å²) in [6.07, 6.45) is 2.56. The molecular formula is C15H11FN2O5S. The minimum atomic E-state index is -4.79. The van der Waals surface area contributed by atoms with Crippen LogP contribution in [0, 0.1) is 10.1 Å². The number of hydrogen-bond donors (Lipinski definition) is 1. The predicted molar refractivity (Wildman–Crippen MR) is 85.5 cm³/mol. The number of nitro groups is 1. The van der Waals surface area contributed by atoms with E-state index in [1.807, 2.05) is 0 Å². The molecule has 7 nitrogen and oxygen atoms in total. The third-order valence-corrected chi connectivity index (χ3v) is 3.75. The van der Waals surface area contributed by atoms with Crippen molar-refractivity contribution in [1.82, 2.24) is 0 Å². The number of benzene rings is 2. The maximum absolute atomic E-state index is 12.7. The molecule has 2 rings (SSSR count). The minimum Gasteiger partial charge on any atom is -0.323 e. The van der Waals surface area contributed by atoms with Gasteiger partial charge in [-0.25, -0.2) is 0 Å². The van der Waals surface area contributed by atoms with Gasteiger partial charge in [-0.2, -0.15) is 8.42 Å². The van der Waals surface area contributed by atoms with E-state index in [0.29, 0.717) is 5.56 Å². The van der Waals surface area contributed by atoms with Gasteiger partial charge < -0.3 is 5.32 Å². The largest absolute Gasteiger partial charge is 0.332 e. The topological polar surface area (TPSA) is 106 Å². The first-order chi connectivity index (χ1) is 11.3. The zero-order valence-corrected chi connectivity index (χ0v) is 12.9. The first-order valence-corrected chi connectivity index (χ1v) is 7.92. The van der Waals surface area contributed by atoms with Gasteiger partial charge in [-0.05, 0) is 35.9 Å². The molecule has 0 radical (unpaired) electrons. The molecule has 0 aliphatic heterocycles. The Kier molecular flexibility index (Phi) is 5.05. The van der Waals surface area contributed by atoms with Crippen LogP contribution in [0.2, 0.25) is 0 Å². The third-order valence-electron chi connectivity index (χ3n) is 2.91. The fourth-order valence-corrected chi connectivity index (χ4v) is 2.26. The lowest BCUT2D eigenvalue weighted by atomic mass is 10.2. The maximum Gasteiger partial charge on any atom is 0.332 e.